The van der Waals surface area contributed by atoms with Gasteiger partial charge in [-0.05, 0) is 24.3 Å². The molecule has 0 bridgehead atoms. The molecule has 0 heterocycles. The van der Waals surface area contributed by atoms with Crippen LogP contribution < -0.4 is 4.74 Å². The van der Waals surface area contributed by atoms with Crippen molar-refractivity contribution >= 4 is 10.1 Å². The Labute approximate surface area is 109 Å². The third kappa shape index (κ3) is 6.44. The van der Waals surface area contributed by atoms with Crippen molar-refractivity contribution in [1.82, 2.24) is 0 Å². The van der Waals surface area contributed by atoms with Gasteiger partial charge in [0.1, 0.15) is 5.75 Å². The third-order valence-corrected chi connectivity index (χ3v) is 2.63. The number of hydrogen-bond acceptors (Lipinski definition) is 4. The van der Waals surface area contributed by atoms with Crippen molar-refractivity contribution < 1.29 is 30.5 Å². The van der Waals surface area contributed by atoms with E-state index in [1.807, 2.05) is 0 Å². The van der Waals surface area contributed by atoms with Crippen molar-refractivity contribution in [2.75, 3.05) is 19.5 Å². The zero-order chi connectivity index (χ0) is 14.5. The molecular weight excluding hydrogens is 285 g/mol. The van der Waals surface area contributed by atoms with E-state index in [0.29, 0.717) is 6.42 Å². The molecule has 0 atom stereocenters. The number of hydrogen-bond donors (Lipinski definition) is 0. The second-order valence-electron chi connectivity index (χ2n) is 3.75. The molecule has 0 amide bonds. The molecule has 8 heteroatoms. The Morgan fingerprint density at radius 3 is 2.16 bits per heavy atom. The Balaban J connectivity index is 2.35. The zero-order valence-corrected chi connectivity index (χ0v) is 10.9. The molecule has 4 nitrogen and oxygen atoms in total. The largest absolute Gasteiger partial charge is 0.494 e. The minimum absolute atomic E-state index is 0.0283. The van der Waals surface area contributed by atoms with Crippen molar-refractivity contribution in [2.24, 2.45) is 0 Å². The topological polar surface area (TPSA) is 52.6 Å². The van der Waals surface area contributed by atoms with Gasteiger partial charge < -0.3 is 4.74 Å². The second kappa shape index (κ2) is 6.25. The van der Waals surface area contributed by atoms with E-state index in [-0.39, 0.29) is 19.0 Å². The van der Waals surface area contributed by atoms with Gasteiger partial charge in [0.25, 0.3) is 10.1 Å². The van der Waals surface area contributed by atoms with Gasteiger partial charge in [0.15, 0.2) is 0 Å². The van der Waals surface area contributed by atoms with Crippen LogP contribution in [0, 0.1) is 0 Å². The number of halogens is 3. The van der Waals surface area contributed by atoms with Crippen LogP contribution in [0.4, 0.5) is 13.2 Å². The molecule has 0 spiro atoms. The standard InChI is InChI=1S/C11H13F3O4S/c1-19(15,16)18-8-2-7-17-10-5-3-9(4-6-10)11(12,13)14/h3-6H,2,7-8H2,1H3. The molecular formula is C11H13F3O4S. The van der Waals surface area contributed by atoms with E-state index < -0.39 is 21.9 Å². The highest BCUT2D eigenvalue weighted by atomic mass is 32.2. The fraction of sp³-hybridized carbons (Fsp3) is 0.455. The molecule has 1 aromatic rings. The van der Waals surface area contributed by atoms with Gasteiger partial charge in [0.05, 0.1) is 25.0 Å². The predicted octanol–water partition coefficient (Wildman–Crippen LogP) is 2.45. The van der Waals surface area contributed by atoms with E-state index in [1.165, 1.54) is 12.1 Å². The summed E-state index contributed by atoms with van der Waals surface area (Å²) in [5, 5.41) is 0. The molecule has 0 unspecified atom stereocenters. The number of ether oxygens (including phenoxy) is 1. The fourth-order valence-corrected chi connectivity index (χ4v) is 1.62. The maximum Gasteiger partial charge on any atom is 0.416 e. The summed E-state index contributed by atoms with van der Waals surface area (Å²) in [5.74, 6) is 0.285. The van der Waals surface area contributed by atoms with Gasteiger partial charge in [-0.3, -0.25) is 4.18 Å². The first-order valence-electron chi connectivity index (χ1n) is 5.33. The maximum absolute atomic E-state index is 12.3. The molecule has 0 aliphatic rings. The summed E-state index contributed by atoms with van der Waals surface area (Å²) < 4.78 is 67.7. The monoisotopic (exact) mass is 298 g/mol. The SMILES string of the molecule is CS(=O)(=O)OCCCOc1ccc(C(F)(F)F)cc1. The molecule has 1 aromatic carbocycles. The van der Waals surface area contributed by atoms with Gasteiger partial charge >= 0.3 is 6.18 Å². The lowest BCUT2D eigenvalue weighted by molar-refractivity contribution is -0.137. The molecule has 0 radical (unpaired) electrons. The number of rotatable bonds is 6. The first-order chi connectivity index (χ1) is 8.68. The Morgan fingerprint density at radius 2 is 1.68 bits per heavy atom. The smallest absolute Gasteiger partial charge is 0.416 e. The van der Waals surface area contributed by atoms with E-state index >= 15 is 0 Å². The number of benzene rings is 1. The summed E-state index contributed by atoms with van der Waals surface area (Å²) in [6.07, 6.45) is -3.13. The van der Waals surface area contributed by atoms with Crippen molar-refractivity contribution in [1.29, 1.82) is 0 Å². The predicted molar refractivity (Wildman–Crippen MR) is 62.4 cm³/mol. The zero-order valence-electron chi connectivity index (χ0n) is 10.1. The Bertz CT molecular complexity index is 494. The molecule has 0 aliphatic heterocycles. The Kier molecular flexibility index (Phi) is 5.19. The average Bonchev–Trinajstić information content (AvgIpc) is 2.26. The highest BCUT2D eigenvalue weighted by molar-refractivity contribution is 7.85. The molecule has 1 rings (SSSR count). The van der Waals surface area contributed by atoms with Crippen molar-refractivity contribution in [3.05, 3.63) is 29.8 Å². The van der Waals surface area contributed by atoms with Gasteiger partial charge in [-0.2, -0.15) is 21.6 Å². The summed E-state index contributed by atoms with van der Waals surface area (Å²) in [4.78, 5) is 0. The minimum atomic E-state index is -4.37. The maximum atomic E-state index is 12.3. The van der Waals surface area contributed by atoms with Gasteiger partial charge in [-0.15, -0.1) is 0 Å². The van der Waals surface area contributed by atoms with E-state index in [0.717, 1.165) is 18.4 Å². The summed E-state index contributed by atoms with van der Waals surface area (Å²) in [5.41, 5.74) is -0.750. The molecule has 0 N–H and O–H groups in total. The minimum Gasteiger partial charge on any atom is -0.494 e. The van der Waals surface area contributed by atoms with Crippen LogP contribution in [0.1, 0.15) is 12.0 Å². The van der Waals surface area contributed by atoms with E-state index in [4.69, 9.17) is 4.74 Å². The molecule has 0 saturated heterocycles. The van der Waals surface area contributed by atoms with Crippen molar-refractivity contribution in [3.8, 4) is 5.75 Å². The van der Waals surface area contributed by atoms with Crippen LogP contribution in [0.25, 0.3) is 0 Å². The van der Waals surface area contributed by atoms with Crippen LogP contribution in [0.5, 0.6) is 5.75 Å². The molecule has 0 aliphatic carbocycles. The highest BCUT2D eigenvalue weighted by Gasteiger charge is 2.29. The van der Waals surface area contributed by atoms with Crippen molar-refractivity contribution in [3.63, 3.8) is 0 Å². The first-order valence-corrected chi connectivity index (χ1v) is 7.14. The quantitative estimate of drug-likeness (QED) is 0.598. The summed E-state index contributed by atoms with van der Waals surface area (Å²) in [7, 11) is -3.47. The number of alkyl halides is 3. The lowest BCUT2D eigenvalue weighted by atomic mass is 10.2. The summed E-state index contributed by atoms with van der Waals surface area (Å²) in [6, 6.07) is 4.26. The summed E-state index contributed by atoms with van der Waals surface area (Å²) in [6.45, 7) is 0.125. The molecule has 0 aromatic heterocycles. The van der Waals surface area contributed by atoms with Gasteiger partial charge in [0.2, 0.25) is 0 Å². The fourth-order valence-electron chi connectivity index (χ4n) is 1.20. The van der Waals surface area contributed by atoms with Crippen LogP contribution in [-0.2, 0) is 20.5 Å². The van der Waals surface area contributed by atoms with Crippen LogP contribution >= 0.6 is 0 Å². The Morgan fingerprint density at radius 1 is 1.11 bits per heavy atom. The summed E-state index contributed by atoms with van der Waals surface area (Å²) >= 11 is 0. The van der Waals surface area contributed by atoms with E-state index in [2.05, 4.69) is 4.18 Å². The second-order valence-corrected chi connectivity index (χ2v) is 5.39. The lowest BCUT2D eigenvalue weighted by Gasteiger charge is -2.09. The molecule has 0 fully saturated rings. The van der Waals surface area contributed by atoms with Gasteiger partial charge in [-0.1, -0.05) is 0 Å². The average molecular weight is 298 g/mol. The normalized spacial score (nSPS) is 12.4. The highest BCUT2D eigenvalue weighted by Crippen LogP contribution is 2.30. The van der Waals surface area contributed by atoms with Crippen LogP contribution in [0.3, 0.4) is 0 Å². The third-order valence-electron chi connectivity index (χ3n) is 2.04. The molecule has 0 saturated carbocycles. The molecule has 108 valence electrons. The van der Waals surface area contributed by atoms with Crippen molar-refractivity contribution in [2.45, 2.75) is 12.6 Å². The Hall–Kier alpha value is -1.28. The molecule has 19 heavy (non-hydrogen) atoms. The lowest BCUT2D eigenvalue weighted by Crippen LogP contribution is -2.08. The van der Waals surface area contributed by atoms with Crippen LogP contribution in [0.2, 0.25) is 0 Å². The van der Waals surface area contributed by atoms with E-state index in [1.54, 1.807) is 0 Å². The van der Waals surface area contributed by atoms with Gasteiger partial charge in [0, 0.05) is 6.42 Å². The van der Waals surface area contributed by atoms with E-state index in [9.17, 15) is 21.6 Å². The van der Waals surface area contributed by atoms with Gasteiger partial charge in [-0.25, -0.2) is 0 Å². The first kappa shape index (κ1) is 15.8. The van der Waals surface area contributed by atoms with Crippen LogP contribution in [-0.4, -0.2) is 27.9 Å². The van der Waals surface area contributed by atoms with Crippen LogP contribution in [0.15, 0.2) is 24.3 Å².